The van der Waals surface area contributed by atoms with Crippen molar-refractivity contribution in [1.29, 1.82) is 0 Å². The minimum Gasteiger partial charge on any atom is -0.487 e. The average molecular weight is 223 g/mol. The van der Waals surface area contributed by atoms with Gasteiger partial charge < -0.3 is 19.9 Å². The molecule has 0 aromatic heterocycles. The summed E-state index contributed by atoms with van der Waals surface area (Å²) in [5.74, 6) is 1.25. The van der Waals surface area contributed by atoms with Crippen molar-refractivity contribution in [2.45, 2.75) is 39.6 Å². The highest BCUT2D eigenvalue weighted by molar-refractivity contribution is 5.62. The summed E-state index contributed by atoms with van der Waals surface area (Å²) in [6.07, 6.45) is 0.0678. The third-order valence-corrected chi connectivity index (χ3v) is 2.11. The molecule has 0 bridgehead atoms. The van der Waals surface area contributed by atoms with Crippen LogP contribution in [0.3, 0.4) is 0 Å². The largest absolute Gasteiger partial charge is 0.487 e. The first-order valence-electron chi connectivity index (χ1n) is 5.35. The molecule has 2 rings (SSSR count). The van der Waals surface area contributed by atoms with Crippen LogP contribution in [0, 0.1) is 0 Å². The highest BCUT2D eigenvalue weighted by atomic mass is 16.7. The normalized spacial score (nSPS) is 16.6. The number of fused-ring (bicyclic) bond motifs is 1. The molecule has 1 aliphatic rings. The summed E-state index contributed by atoms with van der Waals surface area (Å²) in [6, 6.07) is 3.50. The standard InChI is InChI=1S/C12H17NO3/c1-7(2)14-9-5-8(13)6-10-11(9)16-12(3,4)15-10/h5-7H,13H2,1-4H3. The lowest BCUT2D eigenvalue weighted by molar-refractivity contribution is -0.0443. The van der Waals surface area contributed by atoms with Crippen LogP contribution in [0.1, 0.15) is 27.7 Å². The van der Waals surface area contributed by atoms with Crippen molar-refractivity contribution in [2.24, 2.45) is 0 Å². The first-order chi connectivity index (χ1) is 7.37. The van der Waals surface area contributed by atoms with E-state index in [-0.39, 0.29) is 6.10 Å². The molecule has 88 valence electrons. The quantitative estimate of drug-likeness (QED) is 0.783. The lowest BCUT2D eigenvalue weighted by Crippen LogP contribution is -2.29. The van der Waals surface area contributed by atoms with Gasteiger partial charge in [-0.25, -0.2) is 0 Å². The second kappa shape index (κ2) is 3.47. The molecule has 0 atom stereocenters. The molecule has 1 heterocycles. The fraction of sp³-hybridized carbons (Fsp3) is 0.500. The van der Waals surface area contributed by atoms with Crippen LogP contribution in [0.4, 0.5) is 5.69 Å². The van der Waals surface area contributed by atoms with E-state index in [0.717, 1.165) is 0 Å². The van der Waals surface area contributed by atoms with Crippen molar-refractivity contribution in [1.82, 2.24) is 0 Å². The minimum atomic E-state index is -0.661. The zero-order chi connectivity index (χ0) is 11.9. The monoisotopic (exact) mass is 223 g/mol. The molecule has 1 aromatic rings. The maximum Gasteiger partial charge on any atom is 0.246 e. The van der Waals surface area contributed by atoms with Crippen LogP contribution in [-0.4, -0.2) is 11.9 Å². The molecule has 0 fully saturated rings. The molecule has 0 aliphatic carbocycles. The van der Waals surface area contributed by atoms with Crippen molar-refractivity contribution in [3.63, 3.8) is 0 Å². The van der Waals surface area contributed by atoms with Gasteiger partial charge in [-0.3, -0.25) is 0 Å². The van der Waals surface area contributed by atoms with Gasteiger partial charge in [0.1, 0.15) is 0 Å². The summed E-state index contributed by atoms with van der Waals surface area (Å²) in [5.41, 5.74) is 6.39. The zero-order valence-electron chi connectivity index (χ0n) is 10.0. The number of rotatable bonds is 2. The third-order valence-electron chi connectivity index (χ3n) is 2.11. The van der Waals surface area contributed by atoms with Gasteiger partial charge in [0.05, 0.1) is 6.10 Å². The molecule has 4 heteroatoms. The number of ether oxygens (including phenoxy) is 3. The van der Waals surface area contributed by atoms with E-state index in [1.54, 1.807) is 12.1 Å². The fourth-order valence-corrected chi connectivity index (χ4v) is 1.65. The maximum atomic E-state index is 5.78. The lowest BCUT2D eigenvalue weighted by atomic mass is 10.2. The van der Waals surface area contributed by atoms with Gasteiger partial charge in [-0.15, -0.1) is 0 Å². The van der Waals surface area contributed by atoms with Crippen molar-refractivity contribution in [2.75, 3.05) is 5.73 Å². The Hall–Kier alpha value is -1.58. The predicted octanol–water partition coefficient (Wildman–Crippen LogP) is 2.56. The second-order valence-electron chi connectivity index (χ2n) is 4.62. The van der Waals surface area contributed by atoms with Crippen molar-refractivity contribution < 1.29 is 14.2 Å². The summed E-state index contributed by atoms with van der Waals surface area (Å²) in [4.78, 5) is 0. The van der Waals surface area contributed by atoms with E-state index in [0.29, 0.717) is 22.9 Å². The van der Waals surface area contributed by atoms with Gasteiger partial charge in [-0.05, 0) is 13.8 Å². The molecule has 0 spiro atoms. The zero-order valence-corrected chi connectivity index (χ0v) is 10.0. The van der Waals surface area contributed by atoms with E-state index in [4.69, 9.17) is 19.9 Å². The molecule has 1 aliphatic heterocycles. The SMILES string of the molecule is CC(C)Oc1cc(N)cc2c1OC(C)(C)O2. The number of benzene rings is 1. The number of nitrogen functional groups attached to an aromatic ring is 1. The van der Waals surface area contributed by atoms with E-state index in [1.807, 2.05) is 27.7 Å². The first kappa shape index (κ1) is 10.9. The van der Waals surface area contributed by atoms with Crippen molar-refractivity contribution in [3.05, 3.63) is 12.1 Å². The molecular formula is C12H17NO3. The van der Waals surface area contributed by atoms with E-state index in [9.17, 15) is 0 Å². The van der Waals surface area contributed by atoms with E-state index < -0.39 is 5.79 Å². The van der Waals surface area contributed by atoms with Gasteiger partial charge >= 0.3 is 0 Å². The van der Waals surface area contributed by atoms with Gasteiger partial charge in [0.2, 0.25) is 11.5 Å². The Bertz CT molecular complexity index is 413. The smallest absolute Gasteiger partial charge is 0.246 e. The Morgan fingerprint density at radius 1 is 1.25 bits per heavy atom. The fourth-order valence-electron chi connectivity index (χ4n) is 1.65. The lowest BCUT2D eigenvalue weighted by Gasteiger charge is -2.17. The first-order valence-corrected chi connectivity index (χ1v) is 5.35. The van der Waals surface area contributed by atoms with Crippen LogP contribution in [0.2, 0.25) is 0 Å². The van der Waals surface area contributed by atoms with Crippen LogP contribution < -0.4 is 19.9 Å². The van der Waals surface area contributed by atoms with Crippen LogP contribution in [0.5, 0.6) is 17.2 Å². The molecule has 16 heavy (non-hydrogen) atoms. The highest BCUT2D eigenvalue weighted by Gasteiger charge is 2.34. The van der Waals surface area contributed by atoms with E-state index in [1.165, 1.54) is 0 Å². The molecule has 0 radical (unpaired) electrons. The van der Waals surface area contributed by atoms with Gasteiger partial charge in [-0.2, -0.15) is 0 Å². The van der Waals surface area contributed by atoms with E-state index >= 15 is 0 Å². The third kappa shape index (κ3) is 2.01. The van der Waals surface area contributed by atoms with Gasteiger partial charge in [0, 0.05) is 31.7 Å². The summed E-state index contributed by atoms with van der Waals surface area (Å²) in [5, 5.41) is 0. The minimum absolute atomic E-state index is 0.0678. The number of hydrogen-bond donors (Lipinski definition) is 1. The predicted molar refractivity (Wildman–Crippen MR) is 62.0 cm³/mol. The molecule has 0 saturated carbocycles. The van der Waals surface area contributed by atoms with Gasteiger partial charge in [0.15, 0.2) is 11.5 Å². The Balaban J connectivity index is 2.41. The molecular weight excluding hydrogens is 206 g/mol. The number of hydrogen-bond acceptors (Lipinski definition) is 4. The Morgan fingerprint density at radius 2 is 1.94 bits per heavy atom. The topological polar surface area (TPSA) is 53.7 Å². The van der Waals surface area contributed by atoms with Gasteiger partial charge in [0.25, 0.3) is 0 Å². The molecule has 0 amide bonds. The average Bonchev–Trinajstić information content (AvgIpc) is 2.38. The molecule has 0 saturated heterocycles. The molecule has 4 nitrogen and oxygen atoms in total. The second-order valence-corrected chi connectivity index (χ2v) is 4.62. The van der Waals surface area contributed by atoms with Gasteiger partial charge in [-0.1, -0.05) is 0 Å². The summed E-state index contributed by atoms with van der Waals surface area (Å²) < 4.78 is 16.9. The summed E-state index contributed by atoms with van der Waals surface area (Å²) >= 11 is 0. The Morgan fingerprint density at radius 3 is 2.56 bits per heavy atom. The molecule has 1 aromatic carbocycles. The Labute approximate surface area is 95.3 Å². The van der Waals surface area contributed by atoms with Crippen molar-refractivity contribution in [3.8, 4) is 17.2 Å². The molecule has 2 N–H and O–H groups in total. The number of anilines is 1. The maximum absolute atomic E-state index is 5.78. The Kier molecular flexibility index (Phi) is 2.37. The highest BCUT2D eigenvalue weighted by Crippen LogP contribution is 2.47. The van der Waals surface area contributed by atoms with Crippen LogP contribution in [0.25, 0.3) is 0 Å². The van der Waals surface area contributed by atoms with Crippen molar-refractivity contribution >= 4 is 5.69 Å². The van der Waals surface area contributed by atoms with E-state index in [2.05, 4.69) is 0 Å². The number of nitrogens with two attached hydrogens (primary N) is 1. The summed E-state index contributed by atoms with van der Waals surface area (Å²) in [6.45, 7) is 7.61. The van der Waals surface area contributed by atoms with Crippen LogP contribution in [0.15, 0.2) is 12.1 Å². The van der Waals surface area contributed by atoms with Crippen LogP contribution >= 0.6 is 0 Å². The van der Waals surface area contributed by atoms with Crippen LogP contribution in [-0.2, 0) is 0 Å². The summed E-state index contributed by atoms with van der Waals surface area (Å²) in [7, 11) is 0. The molecule has 0 unspecified atom stereocenters.